The Hall–Kier alpha value is -0.300. The van der Waals surface area contributed by atoms with Crippen LogP contribution in [-0.2, 0) is 0 Å². The Balaban J connectivity index is 4.28. The average molecular weight is 394 g/mol. The summed E-state index contributed by atoms with van der Waals surface area (Å²) >= 11 is 0. The summed E-state index contributed by atoms with van der Waals surface area (Å²) in [7, 11) is 0. The van der Waals surface area contributed by atoms with Crippen molar-refractivity contribution in [1.82, 2.24) is 0 Å². The Labute approximate surface area is 179 Å². The van der Waals surface area contributed by atoms with E-state index < -0.39 is 0 Å². The lowest BCUT2D eigenvalue weighted by atomic mass is 9.79. The van der Waals surface area contributed by atoms with Gasteiger partial charge in [0.2, 0.25) is 0 Å². The van der Waals surface area contributed by atoms with Crippen LogP contribution in [-0.4, -0.2) is 5.54 Å². The minimum absolute atomic E-state index is 0.0983. The quantitative estimate of drug-likeness (QED) is 0.144. The Kier molecular flexibility index (Phi) is 19.8. The Morgan fingerprint density at radius 2 is 0.857 bits per heavy atom. The molecule has 0 saturated heterocycles. The summed E-state index contributed by atoms with van der Waals surface area (Å²) in [6.07, 6.45) is 27.8. The zero-order valence-electron chi connectivity index (χ0n) is 20.1. The van der Waals surface area contributed by atoms with Gasteiger partial charge in [-0.15, -0.1) is 0 Å². The minimum Gasteiger partial charge on any atom is -0.322 e. The molecule has 0 aromatic heterocycles. The highest BCUT2D eigenvalue weighted by molar-refractivity contribution is 5.15. The molecule has 0 unspecified atom stereocenters. The van der Waals surface area contributed by atoms with Crippen molar-refractivity contribution in [3.05, 3.63) is 12.2 Å². The third-order valence-electron chi connectivity index (χ3n) is 6.49. The van der Waals surface area contributed by atoms with Crippen molar-refractivity contribution in [1.29, 1.82) is 0 Å². The lowest BCUT2D eigenvalue weighted by Gasteiger charge is -2.32. The van der Waals surface area contributed by atoms with Crippen LogP contribution < -0.4 is 5.73 Å². The molecular formula is C27H55N. The first-order valence-electron chi connectivity index (χ1n) is 13.1. The second-order valence-electron chi connectivity index (χ2n) is 9.31. The van der Waals surface area contributed by atoms with Gasteiger partial charge in [-0.3, -0.25) is 0 Å². The molecule has 0 aliphatic rings. The zero-order valence-corrected chi connectivity index (χ0v) is 20.1. The van der Waals surface area contributed by atoms with Gasteiger partial charge in [-0.25, -0.2) is 0 Å². The SMILES string of the molecule is C=C(CCCCCCCC)C(N)(CCCCCCCC)CCCCCCCC. The predicted molar refractivity (Wildman–Crippen MR) is 130 cm³/mol. The fourth-order valence-corrected chi connectivity index (χ4v) is 4.29. The second kappa shape index (κ2) is 20.0. The van der Waals surface area contributed by atoms with Crippen LogP contribution in [0, 0.1) is 0 Å². The van der Waals surface area contributed by atoms with E-state index in [9.17, 15) is 0 Å². The van der Waals surface area contributed by atoms with E-state index in [4.69, 9.17) is 5.73 Å². The fraction of sp³-hybridized carbons (Fsp3) is 0.926. The molecule has 0 heterocycles. The molecule has 0 amide bonds. The molecular weight excluding hydrogens is 338 g/mol. The van der Waals surface area contributed by atoms with E-state index in [1.807, 2.05) is 0 Å². The molecule has 0 radical (unpaired) electrons. The lowest BCUT2D eigenvalue weighted by Crippen LogP contribution is -2.41. The molecule has 1 heteroatoms. The van der Waals surface area contributed by atoms with Gasteiger partial charge in [0.1, 0.15) is 0 Å². The zero-order chi connectivity index (χ0) is 20.9. The molecule has 0 spiro atoms. The van der Waals surface area contributed by atoms with Crippen LogP contribution in [0.3, 0.4) is 0 Å². The normalized spacial score (nSPS) is 11.9. The minimum atomic E-state index is -0.0983. The third-order valence-corrected chi connectivity index (χ3v) is 6.49. The monoisotopic (exact) mass is 393 g/mol. The van der Waals surface area contributed by atoms with E-state index in [1.165, 1.54) is 121 Å². The molecule has 0 rings (SSSR count). The Morgan fingerprint density at radius 3 is 1.25 bits per heavy atom. The molecule has 0 saturated carbocycles. The van der Waals surface area contributed by atoms with Crippen LogP contribution in [0.4, 0.5) is 0 Å². The van der Waals surface area contributed by atoms with Crippen molar-refractivity contribution < 1.29 is 0 Å². The number of unbranched alkanes of at least 4 members (excludes halogenated alkanes) is 15. The molecule has 0 bridgehead atoms. The van der Waals surface area contributed by atoms with Crippen molar-refractivity contribution in [3.63, 3.8) is 0 Å². The van der Waals surface area contributed by atoms with Crippen molar-refractivity contribution in [3.8, 4) is 0 Å². The van der Waals surface area contributed by atoms with Gasteiger partial charge in [-0.2, -0.15) is 0 Å². The highest BCUT2D eigenvalue weighted by atomic mass is 14.7. The predicted octanol–water partition coefficient (Wildman–Crippen LogP) is 9.49. The van der Waals surface area contributed by atoms with E-state index in [-0.39, 0.29) is 5.54 Å². The molecule has 1 nitrogen and oxygen atoms in total. The first-order chi connectivity index (χ1) is 13.6. The second-order valence-corrected chi connectivity index (χ2v) is 9.31. The van der Waals surface area contributed by atoms with Crippen molar-refractivity contribution >= 4 is 0 Å². The summed E-state index contributed by atoms with van der Waals surface area (Å²) in [5.74, 6) is 0. The van der Waals surface area contributed by atoms with Gasteiger partial charge in [0, 0.05) is 5.54 Å². The highest BCUT2D eigenvalue weighted by Crippen LogP contribution is 2.30. The van der Waals surface area contributed by atoms with Gasteiger partial charge in [-0.05, 0) is 25.7 Å². The van der Waals surface area contributed by atoms with E-state index >= 15 is 0 Å². The molecule has 0 aromatic carbocycles. The molecule has 2 N–H and O–H groups in total. The van der Waals surface area contributed by atoms with Crippen molar-refractivity contribution in [2.24, 2.45) is 5.73 Å². The highest BCUT2D eigenvalue weighted by Gasteiger charge is 2.26. The summed E-state index contributed by atoms with van der Waals surface area (Å²) in [5, 5.41) is 0. The fourth-order valence-electron chi connectivity index (χ4n) is 4.29. The summed E-state index contributed by atoms with van der Waals surface area (Å²) < 4.78 is 0. The number of hydrogen-bond donors (Lipinski definition) is 1. The van der Waals surface area contributed by atoms with Crippen molar-refractivity contribution in [2.45, 2.75) is 161 Å². The van der Waals surface area contributed by atoms with Gasteiger partial charge < -0.3 is 5.73 Å². The molecule has 0 aliphatic heterocycles. The maximum Gasteiger partial charge on any atom is 0.0366 e. The topological polar surface area (TPSA) is 26.0 Å². The Morgan fingerprint density at radius 1 is 0.536 bits per heavy atom. The Bertz CT molecular complexity index is 317. The van der Waals surface area contributed by atoms with Gasteiger partial charge in [0.15, 0.2) is 0 Å². The lowest BCUT2D eigenvalue weighted by molar-refractivity contribution is 0.373. The van der Waals surface area contributed by atoms with Crippen molar-refractivity contribution in [2.75, 3.05) is 0 Å². The molecule has 168 valence electrons. The van der Waals surface area contributed by atoms with Crippen LogP contribution >= 0.6 is 0 Å². The van der Waals surface area contributed by atoms with Crippen LogP contribution in [0.2, 0.25) is 0 Å². The summed E-state index contributed by atoms with van der Waals surface area (Å²) in [6, 6.07) is 0. The van der Waals surface area contributed by atoms with E-state index in [0.717, 1.165) is 19.3 Å². The first-order valence-corrected chi connectivity index (χ1v) is 13.1. The third kappa shape index (κ3) is 15.6. The van der Waals surface area contributed by atoms with E-state index in [2.05, 4.69) is 27.4 Å². The first kappa shape index (κ1) is 27.7. The van der Waals surface area contributed by atoms with Gasteiger partial charge in [0.25, 0.3) is 0 Å². The van der Waals surface area contributed by atoms with E-state index in [0.29, 0.717) is 0 Å². The van der Waals surface area contributed by atoms with Gasteiger partial charge in [0.05, 0.1) is 0 Å². The summed E-state index contributed by atoms with van der Waals surface area (Å²) in [4.78, 5) is 0. The van der Waals surface area contributed by atoms with E-state index in [1.54, 1.807) is 0 Å². The summed E-state index contributed by atoms with van der Waals surface area (Å²) in [6.45, 7) is 11.4. The smallest absolute Gasteiger partial charge is 0.0366 e. The molecule has 0 aliphatic carbocycles. The number of hydrogen-bond acceptors (Lipinski definition) is 1. The maximum absolute atomic E-state index is 6.99. The molecule has 0 fully saturated rings. The van der Waals surface area contributed by atoms with Gasteiger partial charge in [-0.1, -0.05) is 142 Å². The maximum atomic E-state index is 6.99. The van der Waals surface area contributed by atoms with Crippen LogP contribution in [0.1, 0.15) is 156 Å². The van der Waals surface area contributed by atoms with Crippen LogP contribution in [0.15, 0.2) is 12.2 Å². The van der Waals surface area contributed by atoms with Crippen LogP contribution in [0.5, 0.6) is 0 Å². The standard InChI is InChI=1S/C27H55N/c1-5-8-11-14-17-20-23-26(4)27(28,24-21-18-15-12-9-6-2)25-22-19-16-13-10-7-3/h4-25,28H2,1-3H3. The largest absolute Gasteiger partial charge is 0.322 e. The molecule has 28 heavy (non-hydrogen) atoms. The molecule has 0 atom stereocenters. The average Bonchev–Trinajstić information content (AvgIpc) is 2.69. The number of rotatable bonds is 22. The number of nitrogens with two attached hydrogens (primary N) is 1. The summed E-state index contributed by atoms with van der Waals surface area (Å²) in [5.41, 5.74) is 8.24. The van der Waals surface area contributed by atoms with Crippen LogP contribution in [0.25, 0.3) is 0 Å². The molecule has 0 aromatic rings. The van der Waals surface area contributed by atoms with Gasteiger partial charge >= 0.3 is 0 Å².